The van der Waals surface area contributed by atoms with E-state index < -0.39 is 11.5 Å². The van der Waals surface area contributed by atoms with E-state index in [2.05, 4.69) is 21.5 Å². The third-order valence-electron chi connectivity index (χ3n) is 8.00. The number of pyridine rings is 1. The Kier molecular flexibility index (Phi) is 8.72. The first kappa shape index (κ1) is 31.7. The van der Waals surface area contributed by atoms with Gasteiger partial charge in [0.25, 0.3) is 0 Å². The van der Waals surface area contributed by atoms with Gasteiger partial charge in [0.1, 0.15) is 17.7 Å². The number of benzene rings is 1. The summed E-state index contributed by atoms with van der Waals surface area (Å²) in [5.74, 6) is -0.770. The molecule has 232 valence electrons. The summed E-state index contributed by atoms with van der Waals surface area (Å²) in [4.78, 5) is 49.0. The molecule has 1 amide bonds. The molecular formula is C33H34ClFN8O2. The molecule has 3 aromatic heterocycles. The van der Waals surface area contributed by atoms with Crippen LogP contribution >= 0.6 is 11.6 Å². The van der Waals surface area contributed by atoms with Gasteiger partial charge in [0, 0.05) is 30.7 Å². The molecule has 0 spiro atoms. The van der Waals surface area contributed by atoms with Crippen LogP contribution in [0, 0.1) is 17.1 Å². The van der Waals surface area contributed by atoms with Crippen molar-refractivity contribution in [3.8, 4) is 23.0 Å². The van der Waals surface area contributed by atoms with Crippen LogP contribution < -0.4 is 10.6 Å². The first-order valence-corrected chi connectivity index (χ1v) is 15.2. The lowest BCUT2D eigenvalue weighted by molar-refractivity contribution is -0.128. The Balaban J connectivity index is 1.88. The molecule has 0 saturated carbocycles. The summed E-state index contributed by atoms with van der Waals surface area (Å²) in [5.41, 5.74) is 1.20. The number of piperazine rings is 1. The predicted octanol–water partition coefficient (Wildman–Crippen LogP) is 5.76. The van der Waals surface area contributed by atoms with Gasteiger partial charge in [-0.2, -0.15) is 10.2 Å². The van der Waals surface area contributed by atoms with Crippen molar-refractivity contribution >= 4 is 34.4 Å². The molecule has 2 unspecified atom stereocenters. The molecule has 0 radical (unpaired) electrons. The zero-order chi connectivity index (χ0) is 32.7. The number of halogens is 2. The Morgan fingerprint density at radius 3 is 2.29 bits per heavy atom. The molecule has 1 aliphatic rings. The van der Waals surface area contributed by atoms with Crippen LogP contribution in [0.1, 0.15) is 70.6 Å². The fourth-order valence-electron chi connectivity index (χ4n) is 5.79. The molecule has 5 rings (SSSR count). The fraction of sp³-hybridized carbons (Fsp3) is 0.364. The van der Waals surface area contributed by atoms with E-state index in [0.717, 1.165) is 0 Å². The van der Waals surface area contributed by atoms with Crippen molar-refractivity contribution in [3.63, 3.8) is 0 Å². The largest absolute Gasteiger partial charge is 0.355 e. The molecule has 12 heteroatoms. The first-order valence-electron chi connectivity index (χ1n) is 14.8. The maximum atomic E-state index is 15.1. The number of aromatic nitrogens is 5. The lowest BCUT2D eigenvalue weighted by atomic mass is 10.0. The highest BCUT2D eigenvalue weighted by Crippen LogP contribution is 2.37. The van der Waals surface area contributed by atoms with Gasteiger partial charge in [-0.15, -0.1) is 0 Å². The van der Waals surface area contributed by atoms with E-state index in [4.69, 9.17) is 16.6 Å². The Morgan fingerprint density at radius 2 is 1.71 bits per heavy atom. The second-order valence-corrected chi connectivity index (χ2v) is 12.3. The quantitative estimate of drug-likeness (QED) is 0.247. The summed E-state index contributed by atoms with van der Waals surface area (Å²) in [5, 5.41) is 10.3. The van der Waals surface area contributed by atoms with Crippen LogP contribution in [0.15, 0.2) is 47.8 Å². The number of anilines is 1. The van der Waals surface area contributed by atoms with Crippen LogP contribution in [0.2, 0.25) is 5.02 Å². The summed E-state index contributed by atoms with van der Waals surface area (Å²) in [6, 6.07) is 9.39. The second-order valence-electron chi connectivity index (χ2n) is 11.9. The van der Waals surface area contributed by atoms with E-state index in [1.54, 1.807) is 29.2 Å². The van der Waals surface area contributed by atoms with Crippen LogP contribution in [0.3, 0.4) is 0 Å². The summed E-state index contributed by atoms with van der Waals surface area (Å²) in [7, 11) is 0. The Morgan fingerprint density at radius 1 is 1.07 bits per heavy atom. The zero-order valence-corrected chi connectivity index (χ0v) is 26.8. The van der Waals surface area contributed by atoms with E-state index in [1.165, 1.54) is 16.7 Å². The maximum absolute atomic E-state index is 15.1. The van der Waals surface area contributed by atoms with Crippen molar-refractivity contribution in [3.05, 3.63) is 81.5 Å². The van der Waals surface area contributed by atoms with Gasteiger partial charge in [0.15, 0.2) is 5.65 Å². The van der Waals surface area contributed by atoms with Crippen LogP contribution in [0.5, 0.6) is 0 Å². The summed E-state index contributed by atoms with van der Waals surface area (Å²) < 4.78 is 16.5. The highest BCUT2D eigenvalue weighted by atomic mass is 35.5. The van der Waals surface area contributed by atoms with Gasteiger partial charge in [-0.3, -0.25) is 4.79 Å². The van der Waals surface area contributed by atoms with E-state index in [-0.39, 0.29) is 57.6 Å². The van der Waals surface area contributed by atoms with E-state index in [1.807, 2.05) is 52.5 Å². The van der Waals surface area contributed by atoms with Crippen molar-refractivity contribution in [2.24, 2.45) is 0 Å². The Labute approximate surface area is 265 Å². The SMILES string of the molecule is C=CC(=O)N1CC(C)N(c2nc(=O)n(-c3c(C(C)C)nc(C#N)nc3C(C)C)c3nc(-c4ccccc4F)c(Cl)cc23)CC1C. The monoisotopic (exact) mass is 628 g/mol. The number of nitrogens with zero attached hydrogens (tertiary/aromatic N) is 8. The average Bonchev–Trinajstić information content (AvgIpc) is 3.01. The molecule has 4 aromatic rings. The van der Waals surface area contributed by atoms with E-state index in [0.29, 0.717) is 41.4 Å². The minimum atomic E-state index is -0.645. The van der Waals surface area contributed by atoms with E-state index >= 15 is 4.39 Å². The number of rotatable bonds is 6. The fourth-order valence-corrected chi connectivity index (χ4v) is 6.04. The van der Waals surface area contributed by atoms with Gasteiger partial charge in [-0.05, 0) is 50.0 Å². The van der Waals surface area contributed by atoms with Gasteiger partial charge in [-0.1, -0.05) is 58.0 Å². The molecule has 45 heavy (non-hydrogen) atoms. The number of fused-ring (bicyclic) bond motifs is 1. The summed E-state index contributed by atoms with van der Waals surface area (Å²) in [6.45, 7) is 15.9. The van der Waals surface area contributed by atoms with Gasteiger partial charge < -0.3 is 9.80 Å². The van der Waals surface area contributed by atoms with Crippen molar-refractivity contribution in [1.29, 1.82) is 5.26 Å². The maximum Gasteiger partial charge on any atom is 0.355 e. The second kappa shape index (κ2) is 12.4. The topological polar surface area (TPSA) is 121 Å². The number of amides is 1. The Hall–Kier alpha value is -4.69. The first-order chi connectivity index (χ1) is 21.4. The smallest absolute Gasteiger partial charge is 0.349 e. The third-order valence-corrected chi connectivity index (χ3v) is 8.29. The molecule has 1 saturated heterocycles. The number of hydrogen-bond acceptors (Lipinski definition) is 8. The minimum absolute atomic E-state index is 0.00844. The average molecular weight is 629 g/mol. The van der Waals surface area contributed by atoms with Gasteiger partial charge in [-0.25, -0.2) is 28.7 Å². The molecule has 2 atom stereocenters. The molecule has 0 aliphatic carbocycles. The molecule has 1 fully saturated rings. The number of carbonyl (C=O) groups is 1. The minimum Gasteiger partial charge on any atom is -0.349 e. The zero-order valence-electron chi connectivity index (χ0n) is 26.0. The number of carbonyl (C=O) groups excluding carboxylic acids is 1. The molecule has 0 bridgehead atoms. The van der Waals surface area contributed by atoms with Crippen LogP contribution in [-0.2, 0) is 4.79 Å². The Bertz CT molecular complexity index is 1900. The van der Waals surface area contributed by atoms with Crippen molar-refractivity contribution in [1.82, 2.24) is 29.4 Å². The van der Waals surface area contributed by atoms with Crippen LogP contribution in [0.25, 0.3) is 28.0 Å². The predicted molar refractivity (Wildman–Crippen MR) is 172 cm³/mol. The highest BCUT2D eigenvalue weighted by molar-refractivity contribution is 6.33. The lowest BCUT2D eigenvalue weighted by Crippen LogP contribution is -2.58. The summed E-state index contributed by atoms with van der Waals surface area (Å²) >= 11 is 6.82. The van der Waals surface area contributed by atoms with E-state index in [9.17, 15) is 14.9 Å². The molecule has 0 N–H and O–H groups in total. The lowest BCUT2D eigenvalue weighted by Gasteiger charge is -2.44. The van der Waals surface area contributed by atoms with Gasteiger partial charge in [0.2, 0.25) is 11.7 Å². The summed E-state index contributed by atoms with van der Waals surface area (Å²) in [6.07, 6.45) is 1.29. The number of nitriles is 1. The van der Waals surface area contributed by atoms with Crippen LogP contribution in [-0.4, -0.2) is 60.5 Å². The van der Waals surface area contributed by atoms with Crippen molar-refractivity contribution in [2.45, 2.75) is 65.5 Å². The van der Waals surface area contributed by atoms with Gasteiger partial charge >= 0.3 is 5.69 Å². The van der Waals surface area contributed by atoms with Crippen molar-refractivity contribution in [2.75, 3.05) is 18.0 Å². The molecule has 4 heterocycles. The molecule has 10 nitrogen and oxygen atoms in total. The van der Waals surface area contributed by atoms with Crippen molar-refractivity contribution < 1.29 is 9.18 Å². The standard InChI is InChI=1S/C33H34ClFN8O2/c1-8-26(44)41-15-20(7)42(16-19(41)6)31-22-13-23(34)29(21-11-9-10-12-24(21)35)39-32(22)43(33(45)40-31)30-27(17(2)3)37-25(14-36)38-28(30)18(4)5/h8-13,17-20H,1,15-16H2,2-7H3. The highest BCUT2D eigenvalue weighted by Gasteiger charge is 2.34. The third kappa shape index (κ3) is 5.66. The normalized spacial score (nSPS) is 16.8. The van der Waals surface area contributed by atoms with Crippen LogP contribution in [0.4, 0.5) is 10.2 Å². The molecule has 1 aliphatic heterocycles. The molecule has 1 aromatic carbocycles. The molecular weight excluding hydrogens is 595 g/mol. The number of hydrogen-bond donors (Lipinski definition) is 0. The van der Waals surface area contributed by atoms with Gasteiger partial charge in [0.05, 0.1) is 33.2 Å².